The highest BCUT2D eigenvalue weighted by Crippen LogP contribution is 2.47. The molecule has 358 valence electrons. The Bertz CT molecular complexity index is 1170. The zero-order chi connectivity index (χ0) is 45.0. The monoisotopic (exact) mass is 891 g/mol. The Morgan fingerprint density at radius 2 is 0.885 bits per heavy atom. The molecule has 1 fully saturated rings. The predicted octanol–water partition coefficient (Wildman–Crippen LogP) is 9.62. The Kier molecular flexibility index (Phi) is 35.4. The number of hydrogen-bond acceptors (Lipinski definition) is 12. The van der Waals surface area contributed by atoms with Crippen molar-refractivity contribution >= 4 is 19.8 Å². The van der Waals surface area contributed by atoms with Crippen molar-refractivity contribution in [1.82, 2.24) is 0 Å². The van der Waals surface area contributed by atoms with Crippen LogP contribution in [0.3, 0.4) is 0 Å². The van der Waals surface area contributed by atoms with E-state index in [9.17, 15) is 44.6 Å². The van der Waals surface area contributed by atoms with Gasteiger partial charge in [0.05, 0.1) is 6.61 Å². The number of phosphoric acid groups is 1. The van der Waals surface area contributed by atoms with E-state index < -0.39 is 75.7 Å². The first-order valence-electron chi connectivity index (χ1n) is 24.1. The molecule has 1 aliphatic rings. The SMILES string of the molecule is CCCCC/C=C/C/C=C/CCCCCCCCCCCC(=O)OC[C@@H](COP(=O)(O)OC1C(O)C(O)C(O)[C@H](O)C1O)OC(=O)CCCCCCCCCCCCCCC. The summed E-state index contributed by atoms with van der Waals surface area (Å²) in [4.78, 5) is 35.7. The number of hydrogen-bond donors (Lipinski definition) is 6. The van der Waals surface area contributed by atoms with Crippen LogP contribution in [0.5, 0.6) is 0 Å². The molecule has 0 amide bonds. The van der Waals surface area contributed by atoms with Gasteiger partial charge in [0.15, 0.2) is 6.10 Å². The number of aliphatic hydroxyl groups is 5. The second-order valence-electron chi connectivity index (χ2n) is 17.0. The van der Waals surface area contributed by atoms with Gasteiger partial charge >= 0.3 is 19.8 Å². The van der Waals surface area contributed by atoms with Crippen molar-refractivity contribution in [3.63, 3.8) is 0 Å². The predicted molar refractivity (Wildman–Crippen MR) is 240 cm³/mol. The summed E-state index contributed by atoms with van der Waals surface area (Å²) in [5.74, 6) is -1.10. The molecule has 0 aliphatic heterocycles. The lowest BCUT2D eigenvalue weighted by Crippen LogP contribution is -2.64. The fourth-order valence-electron chi connectivity index (χ4n) is 7.38. The summed E-state index contributed by atoms with van der Waals surface area (Å²) < 4.78 is 33.6. The molecular weight excluding hydrogens is 803 g/mol. The third-order valence-corrected chi connectivity index (χ3v) is 12.3. The quantitative estimate of drug-likeness (QED) is 0.0147. The maximum absolute atomic E-state index is 12.8. The number of rotatable bonds is 40. The minimum Gasteiger partial charge on any atom is -0.462 e. The van der Waals surface area contributed by atoms with Gasteiger partial charge in [-0.25, -0.2) is 4.57 Å². The molecule has 0 aromatic heterocycles. The molecule has 0 radical (unpaired) electrons. The number of ether oxygens (including phenoxy) is 2. The van der Waals surface area contributed by atoms with Gasteiger partial charge < -0.3 is 39.9 Å². The van der Waals surface area contributed by atoms with Crippen molar-refractivity contribution in [2.24, 2.45) is 0 Å². The molecule has 1 rings (SSSR count). The topological polar surface area (TPSA) is 210 Å². The Labute approximate surface area is 368 Å². The summed E-state index contributed by atoms with van der Waals surface area (Å²) >= 11 is 0. The van der Waals surface area contributed by atoms with Crippen LogP contribution in [0.2, 0.25) is 0 Å². The van der Waals surface area contributed by atoms with E-state index in [1.165, 1.54) is 103 Å². The van der Waals surface area contributed by atoms with Crippen molar-refractivity contribution in [1.29, 1.82) is 0 Å². The lowest BCUT2D eigenvalue weighted by atomic mass is 9.85. The van der Waals surface area contributed by atoms with Gasteiger partial charge in [0, 0.05) is 12.8 Å². The van der Waals surface area contributed by atoms with Crippen LogP contribution in [0.25, 0.3) is 0 Å². The van der Waals surface area contributed by atoms with Crippen LogP contribution in [-0.2, 0) is 32.7 Å². The van der Waals surface area contributed by atoms with Gasteiger partial charge in [-0.3, -0.25) is 18.6 Å². The van der Waals surface area contributed by atoms with E-state index >= 15 is 0 Å². The van der Waals surface area contributed by atoms with E-state index in [0.717, 1.165) is 64.2 Å². The molecule has 0 saturated heterocycles. The number of carbonyl (C=O) groups is 2. The van der Waals surface area contributed by atoms with Gasteiger partial charge in [0.2, 0.25) is 0 Å². The number of esters is 2. The first-order chi connectivity index (χ1) is 29.4. The summed E-state index contributed by atoms with van der Waals surface area (Å²) in [6.07, 6.45) is 28.0. The highest BCUT2D eigenvalue weighted by Gasteiger charge is 2.51. The Hall–Kier alpha value is -1.67. The summed E-state index contributed by atoms with van der Waals surface area (Å²) in [7, 11) is -5.11. The van der Waals surface area contributed by atoms with Crippen molar-refractivity contribution in [3.05, 3.63) is 24.3 Å². The standard InChI is InChI=1S/C47H87O13P/c1-3-5-7-9-11-13-15-17-18-19-20-21-22-24-25-27-29-31-33-35-40(48)57-37-39(38-58-61(55,56)60-47-45(53)43(51)42(50)44(52)46(47)54)59-41(49)36-34-32-30-28-26-23-16-14-12-10-8-6-4-2/h11,13,17-18,39,42-47,50-54H,3-10,12,14-16,19-38H2,1-2H3,(H,55,56)/b13-11+,18-17+/t39-,42?,43-,44?,45?,46?,47?/m0/s1. The van der Waals surface area contributed by atoms with E-state index in [-0.39, 0.29) is 12.8 Å². The molecule has 1 saturated carbocycles. The van der Waals surface area contributed by atoms with Crippen molar-refractivity contribution in [2.45, 2.75) is 249 Å². The molecule has 0 aromatic carbocycles. The van der Waals surface area contributed by atoms with Crippen LogP contribution in [0.1, 0.15) is 206 Å². The summed E-state index contributed by atoms with van der Waals surface area (Å²) in [6.45, 7) is 3.28. The minimum absolute atomic E-state index is 0.1000. The number of carbonyl (C=O) groups excluding carboxylic acids is 2. The smallest absolute Gasteiger partial charge is 0.462 e. The lowest BCUT2D eigenvalue weighted by Gasteiger charge is -2.41. The molecule has 1 aliphatic carbocycles. The highest BCUT2D eigenvalue weighted by molar-refractivity contribution is 7.47. The van der Waals surface area contributed by atoms with Crippen LogP contribution in [-0.4, -0.2) is 98.3 Å². The lowest BCUT2D eigenvalue weighted by molar-refractivity contribution is -0.220. The van der Waals surface area contributed by atoms with Gasteiger partial charge in [0.1, 0.15) is 43.2 Å². The van der Waals surface area contributed by atoms with Crippen molar-refractivity contribution in [3.8, 4) is 0 Å². The first kappa shape index (κ1) is 57.3. The first-order valence-corrected chi connectivity index (χ1v) is 25.6. The number of aliphatic hydroxyl groups excluding tert-OH is 5. The largest absolute Gasteiger partial charge is 0.472 e. The van der Waals surface area contributed by atoms with Crippen LogP contribution >= 0.6 is 7.82 Å². The maximum Gasteiger partial charge on any atom is 0.472 e. The zero-order valence-corrected chi connectivity index (χ0v) is 38.9. The molecule has 6 unspecified atom stereocenters. The van der Waals surface area contributed by atoms with Gasteiger partial charge in [-0.2, -0.15) is 0 Å². The molecule has 0 bridgehead atoms. The van der Waals surface area contributed by atoms with Crippen LogP contribution in [0, 0.1) is 0 Å². The van der Waals surface area contributed by atoms with Gasteiger partial charge in [-0.05, 0) is 44.9 Å². The molecule has 8 atom stereocenters. The normalized spacial score (nSPS) is 22.2. The summed E-state index contributed by atoms with van der Waals surface area (Å²) in [5.41, 5.74) is 0. The number of allylic oxidation sites excluding steroid dienone is 4. The minimum atomic E-state index is -5.11. The van der Waals surface area contributed by atoms with E-state index in [2.05, 4.69) is 38.2 Å². The van der Waals surface area contributed by atoms with Crippen molar-refractivity contribution < 1.29 is 63.1 Å². The van der Waals surface area contributed by atoms with E-state index in [4.69, 9.17) is 18.5 Å². The fraction of sp³-hybridized carbons (Fsp3) is 0.872. The maximum atomic E-state index is 12.8. The Morgan fingerprint density at radius 1 is 0.508 bits per heavy atom. The molecule has 6 N–H and O–H groups in total. The highest BCUT2D eigenvalue weighted by atomic mass is 31.2. The van der Waals surface area contributed by atoms with E-state index in [1.54, 1.807) is 0 Å². The second kappa shape index (κ2) is 37.7. The molecule has 0 spiro atoms. The zero-order valence-electron chi connectivity index (χ0n) is 38.0. The van der Waals surface area contributed by atoms with Gasteiger partial charge in [-0.15, -0.1) is 0 Å². The number of unbranched alkanes of at least 4 members (excludes halogenated alkanes) is 24. The Morgan fingerprint density at radius 3 is 1.36 bits per heavy atom. The fourth-order valence-corrected chi connectivity index (χ4v) is 8.35. The van der Waals surface area contributed by atoms with E-state index in [1.807, 2.05) is 0 Å². The molecule has 0 heterocycles. The van der Waals surface area contributed by atoms with Crippen molar-refractivity contribution in [2.75, 3.05) is 13.2 Å². The number of phosphoric ester groups is 1. The summed E-state index contributed by atoms with van der Waals surface area (Å²) in [5, 5.41) is 50.2. The second-order valence-corrected chi connectivity index (χ2v) is 18.4. The molecule has 61 heavy (non-hydrogen) atoms. The Balaban J connectivity index is 2.41. The van der Waals surface area contributed by atoms with Crippen LogP contribution in [0.15, 0.2) is 24.3 Å². The van der Waals surface area contributed by atoms with Gasteiger partial charge in [-0.1, -0.05) is 173 Å². The van der Waals surface area contributed by atoms with Crippen LogP contribution < -0.4 is 0 Å². The summed E-state index contributed by atoms with van der Waals surface area (Å²) in [6, 6.07) is 0. The molecule has 14 heteroatoms. The van der Waals surface area contributed by atoms with Crippen LogP contribution in [0.4, 0.5) is 0 Å². The molecule has 13 nitrogen and oxygen atoms in total. The third-order valence-electron chi connectivity index (χ3n) is 11.3. The molecule has 0 aromatic rings. The van der Waals surface area contributed by atoms with E-state index in [0.29, 0.717) is 12.8 Å². The average molecular weight is 891 g/mol. The molecular formula is C47H87O13P. The van der Waals surface area contributed by atoms with Gasteiger partial charge in [0.25, 0.3) is 0 Å². The third kappa shape index (κ3) is 30.2. The average Bonchev–Trinajstić information content (AvgIpc) is 3.24.